The first-order valence-electron chi connectivity index (χ1n) is 17.4. The molecule has 3 aliphatic heterocycles. The monoisotopic (exact) mass is 732 g/mol. The third-order valence-electron chi connectivity index (χ3n) is 10.2. The quantitative estimate of drug-likeness (QED) is 0.346. The number of rotatable bonds is 8. The second-order valence-corrected chi connectivity index (χ2v) is 13.9. The largest absolute Gasteiger partial charge is 0.436 e. The van der Waals surface area contributed by atoms with E-state index in [1.165, 1.54) is 22.7 Å². The van der Waals surface area contributed by atoms with Gasteiger partial charge in [-0.25, -0.2) is 14.3 Å². The van der Waals surface area contributed by atoms with Gasteiger partial charge in [-0.3, -0.25) is 14.7 Å². The fourth-order valence-electron chi connectivity index (χ4n) is 7.29. The minimum Gasteiger partial charge on any atom is -0.436 e. The van der Waals surface area contributed by atoms with Crippen molar-refractivity contribution < 1.29 is 27.5 Å². The average Bonchev–Trinajstić information content (AvgIpc) is 3.52. The summed E-state index contributed by atoms with van der Waals surface area (Å²) >= 11 is 6.28. The lowest BCUT2D eigenvalue weighted by atomic mass is 9.99. The fourth-order valence-corrected chi connectivity index (χ4v) is 7.63. The second kappa shape index (κ2) is 15.7. The van der Waals surface area contributed by atoms with Crippen LogP contribution in [-0.2, 0) is 22.1 Å². The number of benzene rings is 2. The van der Waals surface area contributed by atoms with E-state index in [0.717, 1.165) is 50.7 Å². The summed E-state index contributed by atoms with van der Waals surface area (Å²) in [6.07, 6.45) is -4.75. The van der Waals surface area contributed by atoms with Gasteiger partial charge in [0.1, 0.15) is 0 Å². The number of H-pyrrole nitrogens is 1. The van der Waals surface area contributed by atoms with E-state index in [0.29, 0.717) is 37.8 Å². The Morgan fingerprint density at radius 3 is 2.22 bits per heavy atom. The van der Waals surface area contributed by atoms with Crippen molar-refractivity contribution in [2.45, 2.75) is 56.5 Å². The zero-order valence-electron chi connectivity index (χ0n) is 28.8. The molecule has 16 heteroatoms. The van der Waals surface area contributed by atoms with Crippen LogP contribution in [0.1, 0.15) is 42.9 Å². The van der Waals surface area contributed by atoms with Gasteiger partial charge in [-0.05, 0) is 50.4 Å². The molecule has 6 rings (SSSR count). The molecule has 1 atom stereocenters. The van der Waals surface area contributed by atoms with Crippen LogP contribution in [0.5, 0.6) is 0 Å². The highest BCUT2D eigenvalue weighted by atomic mass is 35.5. The summed E-state index contributed by atoms with van der Waals surface area (Å²) in [5, 5.41) is 6.84. The van der Waals surface area contributed by atoms with Gasteiger partial charge in [0.15, 0.2) is 11.9 Å². The number of alkyl halides is 3. The number of piperazine rings is 1. The maximum atomic E-state index is 14.0. The van der Waals surface area contributed by atoms with Gasteiger partial charge in [-0.1, -0.05) is 41.9 Å². The van der Waals surface area contributed by atoms with Gasteiger partial charge in [-0.15, -0.1) is 5.10 Å². The number of carbonyl (C=O) groups is 2. The molecular weight excluding hydrogens is 689 g/mol. The maximum absolute atomic E-state index is 14.0. The SMILES string of the molecule is CNc1c(Cl)cc(C[C@@H](OC(=O)N2CCC(n3nc(-c4ccccc4)[nH]c3=O)CC2)C(=O)N2CCC(N3CCN(C)CC3)CC2)cc1C(F)(F)F. The maximum Gasteiger partial charge on any atom is 0.418 e. The lowest BCUT2D eigenvalue weighted by Gasteiger charge is -2.42. The number of likely N-dealkylation sites (N-methyl/N-ethyl adjacent to an activating group) is 1. The lowest BCUT2D eigenvalue weighted by molar-refractivity contribution is -0.142. The molecule has 0 saturated carbocycles. The summed E-state index contributed by atoms with van der Waals surface area (Å²) in [7, 11) is 3.45. The van der Waals surface area contributed by atoms with Crippen molar-refractivity contribution in [2.75, 3.05) is 71.8 Å². The third-order valence-corrected chi connectivity index (χ3v) is 10.5. The van der Waals surface area contributed by atoms with Crippen molar-refractivity contribution in [2.24, 2.45) is 0 Å². The second-order valence-electron chi connectivity index (χ2n) is 13.5. The van der Waals surface area contributed by atoms with Crippen molar-refractivity contribution in [3.05, 3.63) is 69.1 Å². The Balaban J connectivity index is 1.15. The number of ether oxygens (including phenoxy) is 1. The fraction of sp³-hybridized carbons (Fsp3) is 0.543. The van der Waals surface area contributed by atoms with Crippen LogP contribution in [0.2, 0.25) is 5.02 Å². The topological polar surface area (TPSA) is 119 Å². The third kappa shape index (κ3) is 8.53. The number of amides is 2. The number of nitrogens with zero attached hydrogens (tertiary/aromatic N) is 6. The van der Waals surface area contributed by atoms with Crippen molar-refractivity contribution in [3.8, 4) is 11.4 Å². The van der Waals surface area contributed by atoms with E-state index >= 15 is 0 Å². The predicted octanol–water partition coefficient (Wildman–Crippen LogP) is 4.58. The summed E-state index contributed by atoms with van der Waals surface area (Å²) in [5.41, 5.74) is -0.690. The van der Waals surface area contributed by atoms with Crippen LogP contribution in [0.15, 0.2) is 47.3 Å². The highest BCUT2D eigenvalue weighted by Crippen LogP contribution is 2.40. The Labute approximate surface area is 299 Å². The highest BCUT2D eigenvalue weighted by Gasteiger charge is 2.38. The highest BCUT2D eigenvalue weighted by molar-refractivity contribution is 6.33. The zero-order chi connectivity index (χ0) is 36.3. The molecule has 3 fully saturated rings. The van der Waals surface area contributed by atoms with E-state index in [2.05, 4.69) is 32.2 Å². The van der Waals surface area contributed by atoms with E-state index in [1.807, 2.05) is 30.3 Å². The van der Waals surface area contributed by atoms with Crippen LogP contribution >= 0.6 is 11.6 Å². The Bertz CT molecular complexity index is 1730. The van der Waals surface area contributed by atoms with Gasteiger partial charge in [0.05, 0.1) is 22.3 Å². The van der Waals surface area contributed by atoms with Gasteiger partial charge in [0.2, 0.25) is 0 Å². The molecule has 12 nitrogen and oxygen atoms in total. The zero-order valence-corrected chi connectivity index (χ0v) is 29.5. The van der Waals surface area contributed by atoms with Crippen molar-refractivity contribution >= 4 is 29.3 Å². The predicted molar refractivity (Wildman–Crippen MR) is 187 cm³/mol. The summed E-state index contributed by atoms with van der Waals surface area (Å²) in [6, 6.07) is 11.7. The molecular formula is C35H44ClF3N8O4. The first-order chi connectivity index (χ1) is 24.4. The molecule has 2 aromatic carbocycles. The molecule has 0 radical (unpaired) electrons. The van der Waals surface area contributed by atoms with Crippen LogP contribution in [0.25, 0.3) is 11.4 Å². The van der Waals surface area contributed by atoms with Crippen LogP contribution in [0.3, 0.4) is 0 Å². The molecule has 4 heterocycles. The number of likely N-dealkylation sites (tertiary alicyclic amines) is 2. The van der Waals surface area contributed by atoms with Crippen molar-refractivity contribution in [3.63, 3.8) is 0 Å². The summed E-state index contributed by atoms with van der Waals surface area (Å²) in [6.45, 7) is 5.26. The molecule has 0 aliphatic carbocycles. The minimum atomic E-state index is -4.71. The molecule has 0 bridgehead atoms. The molecule has 0 unspecified atom stereocenters. The number of piperidine rings is 2. The van der Waals surface area contributed by atoms with E-state index in [-0.39, 0.29) is 47.5 Å². The molecule has 3 aliphatic rings. The Morgan fingerprint density at radius 1 is 0.961 bits per heavy atom. The first kappa shape index (κ1) is 36.7. The van der Waals surface area contributed by atoms with E-state index < -0.39 is 29.8 Å². The van der Waals surface area contributed by atoms with Gasteiger partial charge >= 0.3 is 18.0 Å². The molecule has 2 N–H and O–H groups in total. The number of hydrogen-bond donors (Lipinski definition) is 2. The molecule has 3 saturated heterocycles. The van der Waals surface area contributed by atoms with Crippen LogP contribution < -0.4 is 11.0 Å². The van der Waals surface area contributed by atoms with Gasteiger partial charge < -0.3 is 24.8 Å². The number of halogens is 4. The molecule has 1 aromatic heterocycles. The van der Waals surface area contributed by atoms with Crippen LogP contribution in [0.4, 0.5) is 23.7 Å². The number of carbonyl (C=O) groups excluding carboxylic acids is 2. The number of nitrogens with one attached hydrogen (secondary N) is 2. The Hall–Kier alpha value is -4.08. The van der Waals surface area contributed by atoms with Crippen LogP contribution in [0, 0.1) is 0 Å². The number of hydrogen-bond acceptors (Lipinski definition) is 8. The summed E-state index contributed by atoms with van der Waals surface area (Å²) in [4.78, 5) is 51.0. The summed E-state index contributed by atoms with van der Waals surface area (Å²) < 4.78 is 49.3. The summed E-state index contributed by atoms with van der Waals surface area (Å²) in [5.74, 6) is 0.00171. The molecule has 0 spiro atoms. The van der Waals surface area contributed by atoms with Crippen molar-refractivity contribution in [1.82, 2.24) is 34.4 Å². The van der Waals surface area contributed by atoms with E-state index in [1.54, 1.807) is 4.90 Å². The Morgan fingerprint density at radius 2 is 1.59 bits per heavy atom. The van der Waals surface area contributed by atoms with Crippen molar-refractivity contribution in [1.29, 1.82) is 0 Å². The Kier molecular flexibility index (Phi) is 11.3. The lowest BCUT2D eigenvalue weighted by Crippen LogP contribution is -2.54. The molecule has 51 heavy (non-hydrogen) atoms. The molecule has 3 aromatic rings. The average molecular weight is 733 g/mol. The van der Waals surface area contributed by atoms with Gasteiger partial charge in [-0.2, -0.15) is 13.2 Å². The number of aromatic nitrogens is 3. The smallest absolute Gasteiger partial charge is 0.418 e. The first-order valence-corrected chi connectivity index (χ1v) is 17.8. The number of aromatic amines is 1. The molecule has 276 valence electrons. The molecule has 2 amide bonds. The van der Waals surface area contributed by atoms with Gasteiger partial charge in [0.25, 0.3) is 5.91 Å². The van der Waals surface area contributed by atoms with Crippen LogP contribution in [-0.4, -0.2) is 125 Å². The van der Waals surface area contributed by atoms with Gasteiger partial charge in [0, 0.05) is 77.4 Å². The minimum absolute atomic E-state index is 0.121. The normalized spacial score (nSPS) is 19.3. The standard InChI is InChI=1S/C35H44ClF3N8O4/c1-40-30-27(35(37,38)39)20-23(21-28(30)36)22-29(32(48)45-12-8-25(9-13-45)44-18-16-43(2)17-19-44)51-34(50)46-14-10-26(11-15-46)47-33(49)41-31(42-47)24-6-4-3-5-7-24/h3-7,20-21,25-26,29,40H,8-19,22H2,1-2H3,(H,41,42,49)/t29-/m1/s1. The van der Waals surface area contributed by atoms with E-state index in [9.17, 15) is 27.6 Å². The van der Waals surface area contributed by atoms with E-state index in [4.69, 9.17) is 16.3 Å². The number of anilines is 1.